The molecule has 3 aliphatic heterocycles. The zero-order valence-electron chi connectivity index (χ0n) is 17.4. The van der Waals surface area contributed by atoms with Gasteiger partial charge in [-0.3, -0.25) is 0 Å². The average Bonchev–Trinajstić information content (AvgIpc) is 3.16. The van der Waals surface area contributed by atoms with Crippen molar-refractivity contribution in [2.24, 2.45) is 5.92 Å². The third-order valence-electron chi connectivity index (χ3n) is 6.83. The van der Waals surface area contributed by atoms with Crippen molar-refractivity contribution in [3.63, 3.8) is 0 Å². The van der Waals surface area contributed by atoms with Gasteiger partial charge in [-0.1, -0.05) is 24.6 Å². The van der Waals surface area contributed by atoms with Crippen LogP contribution in [0.3, 0.4) is 0 Å². The Morgan fingerprint density at radius 2 is 2.03 bits per heavy atom. The van der Waals surface area contributed by atoms with Gasteiger partial charge in [0.15, 0.2) is 5.82 Å². The molecule has 2 unspecified atom stereocenters. The van der Waals surface area contributed by atoms with Crippen molar-refractivity contribution in [3.8, 4) is 17.2 Å². The summed E-state index contributed by atoms with van der Waals surface area (Å²) in [5.74, 6) is 0.0591. The Morgan fingerprint density at radius 1 is 1.27 bits per heavy atom. The van der Waals surface area contributed by atoms with Crippen LogP contribution in [0.2, 0.25) is 5.02 Å². The van der Waals surface area contributed by atoms with Gasteiger partial charge < -0.3 is 16.0 Å². The summed E-state index contributed by atoms with van der Waals surface area (Å²) >= 11 is 7.58. The van der Waals surface area contributed by atoms with E-state index < -0.39 is 11.6 Å². The molecule has 10 heteroatoms. The quantitative estimate of drug-likeness (QED) is 0.430. The lowest BCUT2D eigenvalue weighted by Gasteiger charge is -2.53. The van der Waals surface area contributed by atoms with Crippen molar-refractivity contribution in [3.05, 3.63) is 46.7 Å². The molecule has 2 bridgehead atoms. The molecule has 3 N–H and O–H groups in total. The molecule has 166 valence electrons. The fourth-order valence-electron chi connectivity index (χ4n) is 5.02. The topological polar surface area (TPSA) is 90.9 Å². The van der Waals surface area contributed by atoms with E-state index in [2.05, 4.69) is 27.1 Å². The first kappa shape index (κ1) is 20.5. The molecule has 2 atom stereocenters. The second-order valence-electron chi connectivity index (χ2n) is 8.54. The SMILES string of the molecule is CC1C2CN(c3ncnc4c(F)c(-c5ccc(F)c6sc(N)c(C#N)c56)c(Cl)cc34)CC1N2. The molecular weight excluding hydrogens is 466 g/mol. The number of nitriles is 1. The van der Waals surface area contributed by atoms with Gasteiger partial charge in [-0.15, -0.1) is 11.3 Å². The molecule has 6 nitrogen and oxygen atoms in total. The Labute approximate surface area is 196 Å². The molecule has 0 spiro atoms. The van der Waals surface area contributed by atoms with Crippen molar-refractivity contribution < 1.29 is 8.78 Å². The Balaban J connectivity index is 1.57. The molecule has 5 heterocycles. The van der Waals surface area contributed by atoms with Crippen LogP contribution in [0, 0.1) is 28.9 Å². The minimum absolute atomic E-state index is 0.0601. The molecule has 3 fully saturated rings. The third-order valence-corrected chi connectivity index (χ3v) is 8.16. The summed E-state index contributed by atoms with van der Waals surface area (Å²) < 4.78 is 30.6. The zero-order valence-corrected chi connectivity index (χ0v) is 18.9. The monoisotopic (exact) mass is 482 g/mol. The Kier molecular flexibility index (Phi) is 4.49. The number of benzene rings is 2. The van der Waals surface area contributed by atoms with Crippen molar-refractivity contribution >= 4 is 54.7 Å². The van der Waals surface area contributed by atoms with Gasteiger partial charge in [0.2, 0.25) is 0 Å². The average molecular weight is 483 g/mol. The normalized spacial score (nSPS) is 21.9. The smallest absolute Gasteiger partial charge is 0.158 e. The van der Waals surface area contributed by atoms with Crippen molar-refractivity contribution in [2.75, 3.05) is 23.7 Å². The molecule has 0 saturated carbocycles. The molecule has 33 heavy (non-hydrogen) atoms. The zero-order chi connectivity index (χ0) is 23.0. The summed E-state index contributed by atoms with van der Waals surface area (Å²) in [6.07, 6.45) is 1.35. The largest absolute Gasteiger partial charge is 0.389 e. The van der Waals surface area contributed by atoms with Crippen LogP contribution in [-0.4, -0.2) is 35.1 Å². The number of piperidine rings is 1. The number of fused-ring (bicyclic) bond motifs is 4. The Morgan fingerprint density at radius 3 is 2.73 bits per heavy atom. The molecule has 3 aliphatic rings. The fourth-order valence-corrected chi connectivity index (χ4v) is 6.27. The van der Waals surface area contributed by atoms with Gasteiger partial charge in [-0.2, -0.15) is 5.26 Å². The summed E-state index contributed by atoms with van der Waals surface area (Å²) in [4.78, 5) is 10.8. The number of nitrogens with zero attached hydrogens (tertiary/aromatic N) is 4. The molecule has 3 saturated heterocycles. The second kappa shape index (κ2) is 7.22. The lowest BCUT2D eigenvalue weighted by Crippen LogP contribution is -2.72. The predicted octanol–water partition coefficient (Wildman–Crippen LogP) is 4.69. The maximum Gasteiger partial charge on any atom is 0.158 e. The van der Waals surface area contributed by atoms with Crippen LogP contribution in [0.5, 0.6) is 0 Å². The first-order valence-corrected chi connectivity index (χ1v) is 11.6. The number of hydrogen-bond acceptors (Lipinski definition) is 7. The van der Waals surface area contributed by atoms with Crippen LogP contribution in [0.1, 0.15) is 12.5 Å². The van der Waals surface area contributed by atoms with Gasteiger partial charge in [0, 0.05) is 41.5 Å². The highest BCUT2D eigenvalue weighted by atomic mass is 35.5. The van der Waals surface area contributed by atoms with E-state index in [-0.39, 0.29) is 36.8 Å². The van der Waals surface area contributed by atoms with Crippen molar-refractivity contribution in [1.82, 2.24) is 15.3 Å². The van der Waals surface area contributed by atoms with Crippen molar-refractivity contribution in [1.29, 1.82) is 5.26 Å². The molecule has 2 aromatic heterocycles. The maximum absolute atomic E-state index is 16.0. The number of piperazine rings is 1. The molecule has 0 radical (unpaired) electrons. The van der Waals surface area contributed by atoms with Crippen LogP contribution < -0.4 is 16.0 Å². The van der Waals surface area contributed by atoms with E-state index in [1.165, 1.54) is 18.5 Å². The van der Waals surface area contributed by atoms with Crippen LogP contribution in [0.25, 0.3) is 32.1 Å². The van der Waals surface area contributed by atoms with Gasteiger partial charge in [0.05, 0.1) is 15.3 Å². The highest BCUT2D eigenvalue weighted by Crippen LogP contribution is 2.45. The minimum Gasteiger partial charge on any atom is -0.389 e. The van der Waals surface area contributed by atoms with Gasteiger partial charge in [0.25, 0.3) is 0 Å². The number of rotatable bonds is 2. The van der Waals surface area contributed by atoms with Gasteiger partial charge in [-0.05, 0) is 23.6 Å². The van der Waals surface area contributed by atoms with E-state index >= 15 is 4.39 Å². The molecular formula is C23H17ClF2N6S. The lowest BCUT2D eigenvalue weighted by molar-refractivity contribution is 0.131. The summed E-state index contributed by atoms with van der Waals surface area (Å²) in [6.45, 7) is 3.76. The number of aromatic nitrogens is 2. The molecule has 0 amide bonds. The first-order valence-electron chi connectivity index (χ1n) is 10.4. The number of nitrogens with one attached hydrogen (secondary N) is 1. The van der Waals surface area contributed by atoms with Crippen LogP contribution in [-0.2, 0) is 0 Å². The summed E-state index contributed by atoms with van der Waals surface area (Å²) in [7, 11) is 0. The van der Waals surface area contributed by atoms with E-state index in [0.29, 0.717) is 34.8 Å². The third kappa shape index (κ3) is 2.84. The fraction of sp³-hybridized carbons (Fsp3) is 0.261. The minimum atomic E-state index is -0.642. The number of thiophene rings is 1. The van der Waals surface area contributed by atoms with Gasteiger partial charge in [0.1, 0.15) is 34.5 Å². The van der Waals surface area contributed by atoms with Crippen molar-refractivity contribution in [2.45, 2.75) is 19.0 Å². The van der Waals surface area contributed by atoms with E-state index in [1.807, 2.05) is 6.07 Å². The predicted molar refractivity (Wildman–Crippen MR) is 126 cm³/mol. The van der Waals surface area contributed by atoms with Crippen LogP contribution >= 0.6 is 22.9 Å². The van der Waals surface area contributed by atoms with Crippen LogP contribution in [0.4, 0.5) is 19.6 Å². The van der Waals surface area contributed by atoms with E-state index in [9.17, 15) is 9.65 Å². The standard InChI is InChI=1S/C23H17ClF2N6S/c1-9-15-6-32(7-16(9)31-15)23-11-4-13(24)18(19(26)20(11)29-8-30-23)10-2-3-14(25)21-17(10)12(5-27)22(28)33-21/h2-4,8-9,15-16,31H,6-7,28H2,1H3. The highest BCUT2D eigenvalue weighted by molar-refractivity contribution is 7.23. The summed E-state index contributed by atoms with van der Waals surface area (Å²) in [5.41, 5.74) is 6.54. The lowest BCUT2D eigenvalue weighted by atomic mass is 9.80. The number of hydrogen-bond donors (Lipinski definition) is 2. The molecule has 0 aliphatic carbocycles. The second-order valence-corrected chi connectivity index (χ2v) is 10.00. The van der Waals surface area contributed by atoms with Gasteiger partial charge >= 0.3 is 0 Å². The van der Waals surface area contributed by atoms with Gasteiger partial charge in [-0.25, -0.2) is 18.7 Å². The molecule has 7 rings (SSSR count). The van der Waals surface area contributed by atoms with E-state index in [4.69, 9.17) is 17.3 Å². The Bertz CT molecular complexity index is 1500. The number of halogens is 3. The summed E-state index contributed by atoms with van der Waals surface area (Å²) in [6, 6.07) is 7.06. The number of nitrogen functional groups attached to an aromatic ring is 1. The number of nitrogens with two attached hydrogens (primary N) is 1. The number of anilines is 2. The summed E-state index contributed by atoms with van der Waals surface area (Å²) in [5, 5.41) is 14.2. The first-order chi connectivity index (χ1) is 15.9. The van der Waals surface area contributed by atoms with Crippen LogP contribution in [0.15, 0.2) is 24.5 Å². The van der Waals surface area contributed by atoms with E-state index in [0.717, 1.165) is 24.4 Å². The van der Waals surface area contributed by atoms with E-state index in [1.54, 1.807) is 6.07 Å². The highest BCUT2D eigenvalue weighted by Gasteiger charge is 2.44. The maximum atomic E-state index is 16.0. The molecule has 2 aromatic carbocycles. The Hall–Kier alpha value is -3.06. The molecule has 4 aromatic rings.